The molecule has 7 nitrogen and oxygen atoms in total. The van der Waals surface area contributed by atoms with Crippen molar-refractivity contribution < 1.29 is 29.3 Å². The van der Waals surface area contributed by atoms with E-state index in [0.29, 0.717) is 13.0 Å². The third kappa shape index (κ3) is 11.0. The second kappa shape index (κ2) is 12.4. The molecule has 0 radical (unpaired) electrons. The summed E-state index contributed by atoms with van der Waals surface area (Å²) in [6.07, 6.45) is 8.18. The first-order valence-corrected chi connectivity index (χ1v) is 11.9. The Bertz CT molecular complexity index is 714. The van der Waals surface area contributed by atoms with Gasteiger partial charge in [0.2, 0.25) is 0 Å². The highest BCUT2D eigenvalue weighted by atomic mass is 16.6. The second-order valence-electron chi connectivity index (χ2n) is 10.9. The van der Waals surface area contributed by atoms with Gasteiger partial charge in [-0.3, -0.25) is 14.4 Å². The van der Waals surface area contributed by atoms with Gasteiger partial charge < -0.3 is 20.7 Å². The zero-order valence-corrected chi connectivity index (χ0v) is 20.7. The number of carboxylic acids is 2. The van der Waals surface area contributed by atoms with Crippen molar-refractivity contribution in [2.24, 2.45) is 16.6 Å². The maximum absolute atomic E-state index is 11.8. The number of carbonyl (C=O) groups excluding carboxylic acids is 1. The second-order valence-corrected chi connectivity index (χ2v) is 10.9. The number of carbonyl (C=O) groups is 3. The number of nitrogens with two attached hydrogens (primary N) is 1. The fraction of sp³-hybridized carbons (Fsp3) is 0.731. The molecule has 7 heteroatoms. The molecule has 2 fully saturated rings. The van der Waals surface area contributed by atoms with E-state index < -0.39 is 17.5 Å². The number of allylic oxidation sites excluding steroid dienone is 2. The minimum absolute atomic E-state index is 0.128. The van der Waals surface area contributed by atoms with E-state index in [1.165, 1.54) is 11.1 Å². The molecule has 2 rings (SSSR count). The Morgan fingerprint density at radius 1 is 0.879 bits per heavy atom. The summed E-state index contributed by atoms with van der Waals surface area (Å²) in [5.41, 5.74) is 7.13. The van der Waals surface area contributed by atoms with Crippen molar-refractivity contribution in [3.63, 3.8) is 0 Å². The first-order valence-electron chi connectivity index (χ1n) is 11.9. The molecular formula is C26H43NO6. The minimum atomic E-state index is -0.790. The Balaban J connectivity index is 0.000000361. The van der Waals surface area contributed by atoms with Crippen LogP contribution in [0.4, 0.5) is 0 Å². The van der Waals surface area contributed by atoms with E-state index in [9.17, 15) is 14.4 Å². The summed E-state index contributed by atoms with van der Waals surface area (Å²) in [4.78, 5) is 33.5. The van der Waals surface area contributed by atoms with Crippen LogP contribution < -0.4 is 5.73 Å². The third-order valence-electron chi connectivity index (χ3n) is 6.80. The summed E-state index contributed by atoms with van der Waals surface area (Å²) < 4.78 is 5.30. The van der Waals surface area contributed by atoms with Gasteiger partial charge in [-0.05, 0) is 95.9 Å². The fourth-order valence-corrected chi connectivity index (χ4v) is 4.64. The lowest BCUT2D eigenvalue weighted by atomic mass is 9.68. The van der Waals surface area contributed by atoms with Crippen LogP contribution >= 0.6 is 0 Å². The molecule has 2 saturated carbocycles. The van der Waals surface area contributed by atoms with Gasteiger partial charge in [-0.2, -0.15) is 0 Å². The SMILES string of the molecule is C=C1CCC(CCC(=O)OC(C)(C)C)(CC(=O)O)CC1.C=C1CCC(CN)(CC(=O)O)CC1. The number of hydrogen-bond acceptors (Lipinski definition) is 5. The first kappa shape index (κ1) is 28.9. The van der Waals surface area contributed by atoms with E-state index in [2.05, 4.69) is 13.2 Å². The molecule has 0 unspecified atom stereocenters. The molecule has 2 aliphatic rings. The summed E-state index contributed by atoms with van der Waals surface area (Å²) >= 11 is 0. The lowest BCUT2D eigenvalue weighted by molar-refractivity contribution is -0.156. The van der Waals surface area contributed by atoms with Gasteiger partial charge in [0.25, 0.3) is 0 Å². The van der Waals surface area contributed by atoms with E-state index in [0.717, 1.165) is 51.4 Å². The highest BCUT2D eigenvalue weighted by Crippen LogP contribution is 2.44. The molecule has 33 heavy (non-hydrogen) atoms. The molecule has 0 aromatic heterocycles. The Hall–Kier alpha value is -2.15. The number of aliphatic carboxylic acids is 2. The number of esters is 1. The molecule has 2 aliphatic carbocycles. The predicted octanol–water partition coefficient (Wildman–Crippen LogP) is 5.24. The Labute approximate surface area is 198 Å². The monoisotopic (exact) mass is 465 g/mol. The quantitative estimate of drug-likeness (QED) is 0.330. The summed E-state index contributed by atoms with van der Waals surface area (Å²) in [6, 6.07) is 0. The van der Waals surface area contributed by atoms with Crippen LogP contribution in [-0.4, -0.2) is 40.3 Å². The van der Waals surface area contributed by atoms with E-state index in [-0.39, 0.29) is 36.1 Å². The van der Waals surface area contributed by atoms with Crippen molar-refractivity contribution in [1.29, 1.82) is 0 Å². The maximum atomic E-state index is 11.8. The zero-order valence-electron chi connectivity index (χ0n) is 20.7. The zero-order chi connectivity index (χ0) is 25.3. The van der Waals surface area contributed by atoms with Crippen molar-refractivity contribution in [3.8, 4) is 0 Å². The maximum Gasteiger partial charge on any atom is 0.306 e. The largest absolute Gasteiger partial charge is 0.481 e. The number of ether oxygens (including phenoxy) is 1. The number of carboxylic acid groups (broad SMARTS) is 2. The van der Waals surface area contributed by atoms with E-state index in [1.54, 1.807) is 0 Å². The van der Waals surface area contributed by atoms with Gasteiger partial charge in [0.1, 0.15) is 5.60 Å². The van der Waals surface area contributed by atoms with Gasteiger partial charge in [-0.25, -0.2) is 0 Å². The summed E-state index contributed by atoms with van der Waals surface area (Å²) in [5.74, 6) is -1.77. The van der Waals surface area contributed by atoms with Crippen molar-refractivity contribution >= 4 is 17.9 Å². The molecule has 0 amide bonds. The average molecular weight is 466 g/mol. The van der Waals surface area contributed by atoms with Crippen molar-refractivity contribution in [1.82, 2.24) is 0 Å². The average Bonchev–Trinajstić information content (AvgIpc) is 2.69. The van der Waals surface area contributed by atoms with Crippen molar-refractivity contribution in [3.05, 3.63) is 24.3 Å². The lowest BCUT2D eigenvalue weighted by Crippen LogP contribution is -2.35. The molecule has 0 aromatic carbocycles. The molecule has 0 heterocycles. The Morgan fingerprint density at radius 2 is 1.27 bits per heavy atom. The van der Waals surface area contributed by atoms with Crippen LogP contribution in [0.25, 0.3) is 0 Å². The Morgan fingerprint density at radius 3 is 1.64 bits per heavy atom. The van der Waals surface area contributed by atoms with Crippen LogP contribution in [0.1, 0.15) is 97.8 Å². The van der Waals surface area contributed by atoms with Crippen LogP contribution in [0.15, 0.2) is 24.3 Å². The first-order chi connectivity index (χ1) is 15.2. The standard InChI is InChI=1S/C16H26O4.C10H17NO2/c1-12-5-8-16(9-6-12,11-13(17)18)10-7-14(19)20-15(2,3)4;1-8-2-4-10(7-11,5-3-8)6-9(12)13/h1,5-11H2,2-4H3,(H,17,18);1-7,11H2,(H,12,13). The van der Waals surface area contributed by atoms with Crippen LogP contribution in [0, 0.1) is 10.8 Å². The normalized spacial score (nSPS) is 19.8. The van der Waals surface area contributed by atoms with Crippen molar-refractivity contribution in [2.45, 2.75) is 103 Å². The molecule has 0 bridgehead atoms. The molecule has 0 spiro atoms. The van der Waals surface area contributed by atoms with Gasteiger partial charge in [-0.15, -0.1) is 0 Å². The summed E-state index contributed by atoms with van der Waals surface area (Å²) in [5, 5.41) is 17.9. The highest BCUT2D eigenvalue weighted by Gasteiger charge is 2.36. The lowest BCUT2D eigenvalue weighted by Gasteiger charge is -2.37. The van der Waals surface area contributed by atoms with E-state index in [4.69, 9.17) is 20.7 Å². The van der Waals surface area contributed by atoms with Crippen LogP contribution in [0.2, 0.25) is 0 Å². The van der Waals surface area contributed by atoms with Gasteiger partial charge >= 0.3 is 17.9 Å². The van der Waals surface area contributed by atoms with E-state index >= 15 is 0 Å². The third-order valence-corrected chi connectivity index (χ3v) is 6.80. The number of hydrogen-bond donors (Lipinski definition) is 3. The van der Waals surface area contributed by atoms with Gasteiger partial charge in [0, 0.05) is 6.42 Å². The molecule has 0 atom stereocenters. The molecule has 188 valence electrons. The van der Waals surface area contributed by atoms with Crippen molar-refractivity contribution in [2.75, 3.05) is 6.54 Å². The summed E-state index contributed by atoms with van der Waals surface area (Å²) in [6.45, 7) is 13.9. The van der Waals surface area contributed by atoms with Gasteiger partial charge in [0.15, 0.2) is 0 Å². The van der Waals surface area contributed by atoms with Crippen LogP contribution in [0.5, 0.6) is 0 Å². The number of rotatable bonds is 8. The van der Waals surface area contributed by atoms with Gasteiger partial charge in [0.05, 0.1) is 12.8 Å². The molecule has 0 aromatic rings. The summed E-state index contributed by atoms with van der Waals surface area (Å²) in [7, 11) is 0. The molecule has 0 saturated heterocycles. The smallest absolute Gasteiger partial charge is 0.306 e. The topological polar surface area (TPSA) is 127 Å². The fourth-order valence-electron chi connectivity index (χ4n) is 4.64. The van der Waals surface area contributed by atoms with Crippen LogP contribution in [0.3, 0.4) is 0 Å². The highest BCUT2D eigenvalue weighted by molar-refractivity contribution is 5.71. The molecule has 4 N–H and O–H groups in total. The predicted molar refractivity (Wildman–Crippen MR) is 129 cm³/mol. The molecular weight excluding hydrogens is 422 g/mol. The van der Waals surface area contributed by atoms with E-state index in [1.807, 2.05) is 20.8 Å². The minimum Gasteiger partial charge on any atom is -0.481 e. The van der Waals surface area contributed by atoms with Crippen LogP contribution in [-0.2, 0) is 19.1 Å². The Kier molecular flexibility index (Phi) is 10.8. The molecule has 0 aliphatic heterocycles. The van der Waals surface area contributed by atoms with Gasteiger partial charge in [-0.1, -0.05) is 24.3 Å².